The molecule has 0 aliphatic heterocycles. The summed E-state index contributed by atoms with van der Waals surface area (Å²) in [7, 11) is 0. The lowest BCUT2D eigenvalue weighted by molar-refractivity contribution is 0.627. The molecule has 102 valence electrons. The molecule has 0 atom stereocenters. The smallest absolute Gasteiger partial charge is 0.205 e. The Kier molecular flexibility index (Phi) is 3.24. The summed E-state index contributed by atoms with van der Waals surface area (Å²) in [6.07, 6.45) is 0. The number of hydrogen-bond donors (Lipinski definition) is 1. The first-order chi connectivity index (χ1) is 9.47. The van der Waals surface area contributed by atoms with E-state index in [0.29, 0.717) is 26.8 Å². The number of nitrogens with zero attached hydrogens (tertiary/aromatic N) is 2. The third-order valence-corrected chi connectivity index (χ3v) is 3.91. The van der Waals surface area contributed by atoms with E-state index < -0.39 is 5.82 Å². The van der Waals surface area contributed by atoms with E-state index in [0.717, 1.165) is 0 Å². The summed E-state index contributed by atoms with van der Waals surface area (Å²) >= 11 is 17.6. The molecule has 0 radical (unpaired) electrons. The van der Waals surface area contributed by atoms with Crippen LogP contribution in [0.3, 0.4) is 0 Å². The number of anilines is 1. The number of aromatic nitrogens is 2. The predicted molar refractivity (Wildman–Crippen MR) is 80.5 cm³/mol. The highest BCUT2D eigenvalue weighted by Crippen LogP contribution is 2.31. The average molecular weight is 331 g/mol. The van der Waals surface area contributed by atoms with Crippen molar-refractivity contribution in [2.75, 3.05) is 5.73 Å². The molecule has 1 aromatic heterocycles. The molecule has 0 fully saturated rings. The zero-order valence-electron chi connectivity index (χ0n) is 9.87. The molecule has 0 saturated carbocycles. The van der Waals surface area contributed by atoms with E-state index in [-0.39, 0.29) is 11.0 Å². The van der Waals surface area contributed by atoms with Crippen molar-refractivity contribution in [1.29, 1.82) is 0 Å². The molecular formula is C13H7Cl3FN3. The Hall–Kier alpha value is -1.49. The summed E-state index contributed by atoms with van der Waals surface area (Å²) < 4.78 is 15.2. The molecule has 0 spiro atoms. The SMILES string of the molecule is Nc1nc2cc(Cl)c(Cl)cc2n1-c1ccc(Cl)c(F)c1. The van der Waals surface area contributed by atoms with Crippen LogP contribution in [0.4, 0.5) is 10.3 Å². The van der Waals surface area contributed by atoms with Crippen LogP contribution in [-0.4, -0.2) is 9.55 Å². The Morgan fingerprint density at radius 3 is 2.40 bits per heavy atom. The normalized spacial score (nSPS) is 11.2. The van der Waals surface area contributed by atoms with Crippen molar-refractivity contribution in [3.05, 3.63) is 51.2 Å². The minimum atomic E-state index is -0.537. The zero-order valence-corrected chi connectivity index (χ0v) is 12.1. The number of rotatable bonds is 1. The van der Waals surface area contributed by atoms with E-state index in [1.54, 1.807) is 22.8 Å². The van der Waals surface area contributed by atoms with E-state index in [4.69, 9.17) is 40.5 Å². The van der Waals surface area contributed by atoms with Crippen LogP contribution in [0.25, 0.3) is 16.7 Å². The van der Waals surface area contributed by atoms with Gasteiger partial charge in [-0.25, -0.2) is 9.37 Å². The van der Waals surface area contributed by atoms with Crippen LogP contribution in [0, 0.1) is 5.82 Å². The van der Waals surface area contributed by atoms with Crippen LogP contribution in [-0.2, 0) is 0 Å². The number of nitrogens with two attached hydrogens (primary N) is 1. The third kappa shape index (κ3) is 2.10. The second kappa shape index (κ2) is 4.81. The maximum atomic E-state index is 13.6. The summed E-state index contributed by atoms with van der Waals surface area (Å²) in [6, 6.07) is 7.62. The lowest BCUT2D eigenvalue weighted by Gasteiger charge is -2.07. The van der Waals surface area contributed by atoms with Crippen molar-refractivity contribution in [3.8, 4) is 5.69 Å². The fraction of sp³-hybridized carbons (Fsp3) is 0. The van der Waals surface area contributed by atoms with Crippen LogP contribution in [0.15, 0.2) is 30.3 Å². The molecular weight excluding hydrogens is 324 g/mol. The minimum Gasteiger partial charge on any atom is -0.369 e. The first-order valence-electron chi connectivity index (χ1n) is 5.56. The second-order valence-corrected chi connectivity index (χ2v) is 5.38. The summed E-state index contributed by atoms with van der Waals surface area (Å²) in [5, 5.41) is 0.790. The zero-order chi connectivity index (χ0) is 14.4. The molecule has 0 saturated heterocycles. The Bertz CT molecular complexity index is 829. The lowest BCUT2D eigenvalue weighted by atomic mass is 10.2. The van der Waals surface area contributed by atoms with Crippen molar-refractivity contribution < 1.29 is 4.39 Å². The van der Waals surface area contributed by atoms with E-state index in [1.807, 2.05) is 0 Å². The number of halogens is 4. The van der Waals surface area contributed by atoms with Gasteiger partial charge in [0.1, 0.15) is 5.82 Å². The molecule has 1 heterocycles. The third-order valence-electron chi connectivity index (χ3n) is 2.88. The summed E-state index contributed by atoms with van der Waals surface area (Å²) in [5.41, 5.74) is 7.60. The Morgan fingerprint density at radius 2 is 1.70 bits per heavy atom. The van der Waals surface area contributed by atoms with Crippen molar-refractivity contribution in [2.24, 2.45) is 0 Å². The molecule has 7 heteroatoms. The number of imidazole rings is 1. The van der Waals surface area contributed by atoms with Gasteiger partial charge in [-0.3, -0.25) is 4.57 Å². The van der Waals surface area contributed by atoms with Gasteiger partial charge in [-0.1, -0.05) is 34.8 Å². The molecule has 3 nitrogen and oxygen atoms in total. The Balaban J connectivity index is 2.32. The largest absolute Gasteiger partial charge is 0.369 e. The summed E-state index contributed by atoms with van der Waals surface area (Å²) in [5.74, 6) is -0.328. The Labute approximate surface area is 128 Å². The molecule has 2 aromatic carbocycles. The highest BCUT2D eigenvalue weighted by molar-refractivity contribution is 6.42. The number of nitrogen functional groups attached to an aromatic ring is 1. The number of fused-ring (bicyclic) bond motifs is 1. The molecule has 20 heavy (non-hydrogen) atoms. The van der Waals surface area contributed by atoms with Crippen LogP contribution in [0.5, 0.6) is 0 Å². The van der Waals surface area contributed by atoms with Crippen molar-refractivity contribution in [2.45, 2.75) is 0 Å². The topological polar surface area (TPSA) is 43.8 Å². The molecule has 0 aliphatic carbocycles. The molecule has 0 unspecified atom stereocenters. The highest BCUT2D eigenvalue weighted by atomic mass is 35.5. The van der Waals surface area contributed by atoms with Gasteiger partial charge in [0.25, 0.3) is 0 Å². The molecule has 2 N–H and O–H groups in total. The van der Waals surface area contributed by atoms with Crippen molar-refractivity contribution in [3.63, 3.8) is 0 Å². The first-order valence-corrected chi connectivity index (χ1v) is 6.69. The van der Waals surface area contributed by atoms with Gasteiger partial charge >= 0.3 is 0 Å². The standard InChI is InChI=1S/C13H7Cl3FN3/c14-7-2-1-6(3-10(7)17)20-12-5-9(16)8(15)4-11(12)19-13(20)18/h1-5H,(H2,18,19). The van der Waals surface area contributed by atoms with Crippen molar-refractivity contribution >= 4 is 51.8 Å². The van der Waals surface area contributed by atoms with Crippen LogP contribution in [0.1, 0.15) is 0 Å². The van der Waals surface area contributed by atoms with Gasteiger partial charge in [0.15, 0.2) is 0 Å². The minimum absolute atomic E-state index is 0.0396. The quantitative estimate of drug-likeness (QED) is 0.702. The van der Waals surface area contributed by atoms with Gasteiger partial charge < -0.3 is 5.73 Å². The van der Waals surface area contributed by atoms with Crippen LogP contribution < -0.4 is 5.73 Å². The van der Waals surface area contributed by atoms with Crippen LogP contribution >= 0.6 is 34.8 Å². The molecule has 0 bridgehead atoms. The van der Waals surface area contributed by atoms with Crippen LogP contribution in [0.2, 0.25) is 15.1 Å². The molecule has 0 aliphatic rings. The van der Waals surface area contributed by atoms with E-state index in [2.05, 4.69) is 4.98 Å². The second-order valence-electron chi connectivity index (χ2n) is 4.16. The van der Waals surface area contributed by atoms with E-state index >= 15 is 0 Å². The van der Waals surface area contributed by atoms with Gasteiger partial charge in [0.05, 0.1) is 31.8 Å². The lowest BCUT2D eigenvalue weighted by Crippen LogP contribution is -2.01. The first kappa shape index (κ1) is 13.5. The number of benzene rings is 2. The Morgan fingerprint density at radius 1 is 1.00 bits per heavy atom. The highest BCUT2D eigenvalue weighted by Gasteiger charge is 2.13. The fourth-order valence-corrected chi connectivity index (χ4v) is 2.42. The van der Waals surface area contributed by atoms with Gasteiger partial charge in [-0.05, 0) is 30.3 Å². The molecule has 3 aromatic rings. The van der Waals surface area contributed by atoms with Gasteiger partial charge in [0, 0.05) is 0 Å². The average Bonchev–Trinajstić information content (AvgIpc) is 2.69. The predicted octanol–water partition coefficient (Wildman–Crippen LogP) is 4.71. The number of hydrogen-bond acceptors (Lipinski definition) is 2. The van der Waals surface area contributed by atoms with Gasteiger partial charge in [0.2, 0.25) is 5.95 Å². The summed E-state index contributed by atoms with van der Waals surface area (Å²) in [6.45, 7) is 0. The van der Waals surface area contributed by atoms with Gasteiger partial charge in [-0.2, -0.15) is 0 Å². The maximum Gasteiger partial charge on any atom is 0.205 e. The van der Waals surface area contributed by atoms with Crippen molar-refractivity contribution in [1.82, 2.24) is 9.55 Å². The van der Waals surface area contributed by atoms with E-state index in [9.17, 15) is 4.39 Å². The van der Waals surface area contributed by atoms with Gasteiger partial charge in [-0.15, -0.1) is 0 Å². The molecule has 3 rings (SSSR count). The monoisotopic (exact) mass is 329 g/mol. The molecule has 0 amide bonds. The fourth-order valence-electron chi connectivity index (χ4n) is 1.99. The maximum absolute atomic E-state index is 13.6. The summed E-state index contributed by atoms with van der Waals surface area (Å²) in [4.78, 5) is 4.19. The van der Waals surface area contributed by atoms with E-state index in [1.165, 1.54) is 12.1 Å².